The van der Waals surface area contributed by atoms with Crippen LogP contribution in [0.5, 0.6) is 0 Å². The van der Waals surface area contributed by atoms with Gasteiger partial charge in [-0.25, -0.2) is 8.78 Å². The molecule has 5 nitrogen and oxygen atoms in total. The Kier molecular flexibility index (Phi) is 5.63. The molecule has 1 saturated carbocycles. The summed E-state index contributed by atoms with van der Waals surface area (Å²) in [6.07, 6.45) is 4.17. The molecular formula is C18H23F2N3O2. The zero-order chi connectivity index (χ0) is 17.8. The first-order chi connectivity index (χ1) is 12.0. The molecule has 2 atom stereocenters. The number of benzene rings is 1. The van der Waals surface area contributed by atoms with Crippen molar-refractivity contribution in [1.29, 1.82) is 0 Å². The Morgan fingerprint density at radius 2 is 1.92 bits per heavy atom. The van der Waals surface area contributed by atoms with Crippen LogP contribution in [0.15, 0.2) is 18.2 Å². The molecule has 1 aliphatic carbocycles. The van der Waals surface area contributed by atoms with E-state index in [1.54, 1.807) is 0 Å². The molecule has 1 heterocycles. The molecule has 0 bridgehead atoms. The summed E-state index contributed by atoms with van der Waals surface area (Å²) in [6, 6.07) is 3.08. The number of anilines is 1. The first kappa shape index (κ1) is 17.8. The Morgan fingerprint density at radius 3 is 2.68 bits per heavy atom. The number of hydrogen-bond donors (Lipinski definition) is 2. The molecule has 7 heteroatoms. The van der Waals surface area contributed by atoms with Crippen molar-refractivity contribution in [3.05, 3.63) is 29.8 Å². The van der Waals surface area contributed by atoms with E-state index in [-0.39, 0.29) is 36.0 Å². The molecule has 2 fully saturated rings. The molecule has 0 aromatic heterocycles. The highest BCUT2D eigenvalue weighted by atomic mass is 19.1. The normalized spacial score (nSPS) is 23.0. The molecule has 1 saturated heterocycles. The predicted molar refractivity (Wildman–Crippen MR) is 89.9 cm³/mol. The van der Waals surface area contributed by atoms with Crippen LogP contribution in [0.25, 0.3) is 0 Å². The van der Waals surface area contributed by atoms with Crippen molar-refractivity contribution in [2.75, 3.05) is 25.0 Å². The Hall–Kier alpha value is -2.02. The molecular weight excluding hydrogens is 328 g/mol. The van der Waals surface area contributed by atoms with Gasteiger partial charge in [0.1, 0.15) is 11.6 Å². The molecule has 136 valence electrons. The summed E-state index contributed by atoms with van der Waals surface area (Å²) in [5.41, 5.74) is -0.134. The van der Waals surface area contributed by atoms with Gasteiger partial charge < -0.3 is 15.5 Å². The van der Waals surface area contributed by atoms with Gasteiger partial charge in [0.2, 0.25) is 11.8 Å². The molecule has 1 aliphatic heterocycles. The summed E-state index contributed by atoms with van der Waals surface area (Å²) in [5.74, 6) is -1.71. The minimum Gasteiger partial charge on any atom is -0.342 e. The second-order valence-corrected chi connectivity index (χ2v) is 6.79. The second kappa shape index (κ2) is 7.91. The van der Waals surface area contributed by atoms with Crippen molar-refractivity contribution in [3.63, 3.8) is 0 Å². The topological polar surface area (TPSA) is 61.4 Å². The summed E-state index contributed by atoms with van der Waals surface area (Å²) in [6.45, 7) is 1.95. The van der Waals surface area contributed by atoms with Crippen LogP contribution in [0.4, 0.5) is 14.5 Å². The number of likely N-dealkylation sites (tertiary alicyclic amines) is 1. The Balaban J connectivity index is 1.46. The van der Waals surface area contributed by atoms with E-state index in [9.17, 15) is 18.4 Å². The van der Waals surface area contributed by atoms with E-state index in [2.05, 4.69) is 10.6 Å². The van der Waals surface area contributed by atoms with Gasteiger partial charge in [-0.05, 0) is 44.2 Å². The smallest absolute Gasteiger partial charge is 0.236 e. The predicted octanol–water partition coefficient (Wildman–Crippen LogP) is 2.28. The number of halogens is 2. The summed E-state index contributed by atoms with van der Waals surface area (Å²) in [4.78, 5) is 26.2. The highest BCUT2D eigenvalue weighted by molar-refractivity contribution is 5.92. The quantitative estimate of drug-likeness (QED) is 0.856. The van der Waals surface area contributed by atoms with Crippen LogP contribution in [0.1, 0.15) is 32.1 Å². The fourth-order valence-corrected chi connectivity index (χ4v) is 3.54. The molecule has 25 heavy (non-hydrogen) atoms. The lowest BCUT2D eigenvalue weighted by Crippen LogP contribution is -2.40. The van der Waals surface area contributed by atoms with Gasteiger partial charge in [-0.3, -0.25) is 9.59 Å². The molecule has 2 aliphatic rings. The first-order valence-electron chi connectivity index (χ1n) is 8.80. The maximum atomic E-state index is 13.6. The number of carbonyl (C=O) groups excluding carboxylic acids is 2. The van der Waals surface area contributed by atoms with Crippen molar-refractivity contribution < 1.29 is 18.4 Å². The van der Waals surface area contributed by atoms with Gasteiger partial charge in [0.15, 0.2) is 0 Å². The summed E-state index contributed by atoms with van der Waals surface area (Å²) >= 11 is 0. The first-order valence-corrected chi connectivity index (χ1v) is 8.80. The van der Waals surface area contributed by atoms with E-state index >= 15 is 0 Å². The fourth-order valence-electron chi connectivity index (χ4n) is 3.54. The van der Waals surface area contributed by atoms with Gasteiger partial charge in [-0.15, -0.1) is 0 Å². The molecule has 0 radical (unpaired) electrons. The van der Waals surface area contributed by atoms with Crippen LogP contribution < -0.4 is 10.6 Å². The average molecular weight is 351 g/mol. The van der Waals surface area contributed by atoms with E-state index in [1.165, 1.54) is 0 Å². The highest BCUT2D eigenvalue weighted by Gasteiger charge is 2.31. The highest BCUT2D eigenvalue weighted by Crippen LogP contribution is 2.27. The SMILES string of the molecule is O=C(Nc1cc(F)ccc1F)C1CCC(NCC(=O)N2CCCC2)C1. The third-order valence-electron chi connectivity index (χ3n) is 4.99. The molecule has 2 N–H and O–H groups in total. The van der Waals surface area contributed by atoms with E-state index in [1.807, 2.05) is 4.90 Å². The Morgan fingerprint density at radius 1 is 1.16 bits per heavy atom. The largest absolute Gasteiger partial charge is 0.342 e. The molecule has 3 rings (SSSR count). The maximum absolute atomic E-state index is 13.6. The van der Waals surface area contributed by atoms with E-state index in [4.69, 9.17) is 0 Å². The number of hydrogen-bond acceptors (Lipinski definition) is 3. The van der Waals surface area contributed by atoms with Gasteiger partial charge >= 0.3 is 0 Å². The number of nitrogens with zero attached hydrogens (tertiary/aromatic N) is 1. The number of amides is 2. The van der Waals surface area contributed by atoms with Crippen molar-refractivity contribution in [3.8, 4) is 0 Å². The van der Waals surface area contributed by atoms with E-state index in [0.29, 0.717) is 12.8 Å². The van der Waals surface area contributed by atoms with Gasteiger partial charge in [0.25, 0.3) is 0 Å². The van der Waals surface area contributed by atoms with Crippen molar-refractivity contribution >= 4 is 17.5 Å². The zero-order valence-electron chi connectivity index (χ0n) is 14.1. The van der Waals surface area contributed by atoms with E-state index in [0.717, 1.165) is 50.6 Å². The van der Waals surface area contributed by atoms with Crippen molar-refractivity contribution in [1.82, 2.24) is 10.2 Å². The van der Waals surface area contributed by atoms with Crippen LogP contribution in [-0.4, -0.2) is 42.4 Å². The average Bonchev–Trinajstić information content (AvgIpc) is 3.27. The zero-order valence-corrected chi connectivity index (χ0v) is 14.1. The van der Waals surface area contributed by atoms with Gasteiger partial charge in [-0.2, -0.15) is 0 Å². The molecule has 1 aromatic carbocycles. The Bertz CT molecular complexity index is 647. The minimum absolute atomic E-state index is 0.0969. The minimum atomic E-state index is -0.654. The third kappa shape index (κ3) is 4.54. The number of nitrogens with one attached hydrogen (secondary N) is 2. The molecule has 2 amide bonds. The van der Waals surface area contributed by atoms with Gasteiger partial charge in [0.05, 0.1) is 12.2 Å². The summed E-state index contributed by atoms with van der Waals surface area (Å²) < 4.78 is 26.8. The Labute approximate surface area is 145 Å². The van der Waals surface area contributed by atoms with Crippen LogP contribution in [0.2, 0.25) is 0 Å². The maximum Gasteiger partial charge on any atom is 0.236 e. The lowest BCUT2D eigenvalue weighted by atomic mass is 10.1. The standard InChI is InChI=1S/C18H23F2N3O2/c19-13-4-6-15(20)16(10-13)22-18(25)12-3-5-14(9-12)21-11-17(24)23-7-1-2-8-23/h4,6,10,12,14,21H,1-3,5,7-9,11H2,(H,22,25). The van der Waals surface area contributed by atoms with Gasteiger partial charge in [-0.1, -0.05) is 0 Å². The van der Waals surface area contributed by atoms with Crippen LogP contribution in [0.3, 0.4) is 0 Å². The van der Waals surface area contributed by atoms with Gasteiger partial charge in [0, 0.05) is 31.1 Å². The summed E-state index contributed by atoms with van der Waals surface area (Å²) in [7, 11) is 0. The second-order valence-electron chi connectivity index (χ2n) is 6.79. The van der Waals surface area contributed by atoms with Crippen molar-refractivity contribution in [2.45, 2.75) is 38.1 Å². The molecule has 2 unspecified atom stereocenters. The lowest BCUT2D eigenvalue weighted by Gasteiger charge is -2.18. The number of rotatable bonds is 5. The third-order valence-corrected chi connectivity index (χ3v) is 4.99. The van der Waals surface area contributed by atoms with Crippen LogP contribution >= 0.6 is 0 Å². The number of carbonyl (C=O) groups is 2. The summed E-state index contributed by atoms with van der Waals surface area (Å²) in [5, 5.41) is 5.69. The molecule has 0 spiro atoms. The van der Waals surface area contributed by atoms with Crippen LogP contribution in [-0.2, 0) is 9.59 Å². The van der Waals surface area contributed by atoms with E-state index < -0.39 is 11.6 Å². The monoisotopic (exact) mass is 351 g/mol. The van der Waals surface area contributed by atoms with Crippen LogP contribution in [0, 0.1) is 17.6 Å². The van der Waals surface area contributed by atoms with Crippen molar-refractivity contribution in [2.24, 2.45) is 5.92 Å². The fraction of sp³-hybridized carbons (Fsp3) is 0.556. The lowest BCUT2D eigenvalue weighted by molar-refractivity contribution is -0.129. The molecule has 1 aromatic rings.